The van der Waals surface area contributed by atoms with Gasteiger partial charge in [0.2, 0.25) is 0 Å². The number of urea groups is 1. The normalized spacial score (nSPS) is 14.8. The predicted molar refractivity (Wildman–Crippen MR) is 68.0 cm³/mol. The Hall–Kier alpha value is -1.73. The highest BCUT2D eigenvalue weighted by molar-refractivity contribution is 6.30. The van der Waals surface area contributed by atoms with Crippen molar-refractivity contribution < 1.29 is 9.18 Å². The van der Waals surface area contributed by atoms with Gasteiger partial charge in [-0.3, -0.25) is 0 Å². The maximum atomic E-state index is 13.0. The molecule has 1 aliphatic heterocycles. The summed E-state index contributed by atoms with van der Waals surface area (Å²) in [5, 5.41) is 2.71. The molecule has 0 spiro atoms. The minimum atomic E-state index is -0.427. The van der Waals surface area contributed by atoms with Gasteiger partial charge >= 0.3 is 6.03 Å². The standard InChI is InChI=1S/C13H12ClFN2O/c1-2-5-16-13(18)17-7-10(8-17)9-3-4-12(15)11(14)6-9/h1,3-4,6,10H,5,7-8H2,(H,16,18). The molecule has 1 aromatic carbocycles. The summed E-state index contributed by atoms with van der Waals surface area (Å²) >= 11 is 5.72. The van der Waals surface area contributed by atoms with Crippen LogP contribution >= 0.6 is 11.6 Å². The van der Waals surface area contributed by atoms with Crippen molar-refractivity contribution in [1.29, 1.82) is 0 Å². The number of carbonyl (C=O) groups is 1. The van der Waals surface area contributed by atoms with Gasteiger partial charge in [-0.05, 0) is 17.7 Å². The summed E-state index contributed by atoms with van der Waals surface area (Å²) in [5.74, 6) is 2.12. The van der Waals surface area contributed by atoms with Crippen LogP contribution in [0.15, 0.2) is 18.2 Å². The van der Waals surface area contributed by atoms with Crippen LogP contribution in [0.5, 0.6) is 0 Å². The Bertz CT molecular complexity index is 506. The summed E-state index contributed by atoms with van der Waals surface area (Å²) in [5.41, 5.74) is 0.947. The van der Waals surface area contributed by atoms with Crippen LogP contribution in [0.2, 0.25) is 5.02 Å². The van der Waals surface area contributed by atoms with Gasteiger partial charge in [0, 0.05) is 19.0 Å². The van der Waals surface area contributed by atoms with Crippen molar-refractivity contribution in [2.45, 2.75) is 5.92 Å². The molecule has 3 nitrogen and oxygen atoms in total. The van der Waals surface area contributed by atoms with Crippen LogP contribution in [0.3, 0.4) is 0 Å². The molecule has 0 aromatic heterocycles. The van der Waals surface area contributed by atoms with Crippen molar-refractivity contribution in [2.75, 3.05) is 19.6 Å². The molecule has 1 fully saturated rings. The molecule has 5 heteroatoms. The van der Waals surface area contributed by atoms with Gasteiger partial charge in [-0.25, -0.2) is 9.18 Å². The molecule has 0 aliphatic carbocycles. The van der Waals surface area contributed by atoms with E-state index in [0.29, 0.717) is 13.1 Å². The molecule has 0 saturated carbocycles. The second-order valence-corrected chi connectivity index (χ2v) is 4.55. The molecule has 2 rings (SSSR count). The number of hydrogen-bond donors (Lipinski definition) is 1. The zero-order chi connectivity index (χ0) is 13.1. The number of halogens is 2. The number of nitrogens with one attached hydrogen (secondary N) is 1. The topological polar surface area (TPSA) is 32.3 Å². The molecule has 94 valence electrons. The molecule has 1 heterocycles. The van der Waals surface area contributed by atoms with Gasteiger partial charge in [0.25, 0.3) is 0 Å². The van der Waals surface area contributed by atoms with E-state index in [1.165, 1.54) is 6.07 Å². The minimum absolute atomic E-state index is 0.114. The summed E-state index contributed by atoms with van der Waals surface area (Å²) in [6.45, 7) is 1.42. The van der Waals surface area contributed by atoms with Gasteiger partial charge in [-0.1, -0.05) is 23.6 Å². The number of benzene rings is 1. The van der Waals surface area contributed by atoms with E-state index < -0.39 is 5.82 Å². The van der Waals surface area contributed by atoms with E-state index in [4.69, 9.17) is 18.0 Å². The smallest absolute Gasteiger partial charge is 0.318 e. The number of terminal acetylenes is 1. The predicted octanol–water partition coefficient (Wildman–Crippen LogP) is 2.22. The van der Waals surface area contributed by atoms with Crippen LogP contribution in [-0.2, 0) is 0 Å². The maximum Gasteiger partial charge on any atom is 0.318 e. The van der Waals surface area contributed by atoms with Crippen molar-refractivity contribution in [2.24, 2.45) is 0 Å². The van der Waals surface area contributed by atoms with E-state index in [1.54, 1.807) is 17.0 Å². The third kappa shape index (κ3) is 2.57. The first-order chi connectivity index (χ1) is 8.61. The zero-order valence-electron chi connectivity index (χ0n) is 9.62. The van der Waals surface area contributed by atoms with E-state index in [0.717, 1.165) is 5.56 Å². The molecule has 1 N–H and O–H groups in total. The monoisotopic (exact) mass is 266 g/mol. The van der Waals surface area contributed by atoms with E-state index in [2.05, 4.69) is 11.2 Å². The fourth-order valence-corrected chi connectivity index (χ4v) is 2.05. The van der Waals surface area contributed by atoms with Crippen LogP contribution in [0.1, 0.15) is 11.5 Å². The Morgan fingerprint density at radius 2 is 2.33 bits per heavy atom. The van der Waals surface area contributed by atoms with Gasteiger partial charge in [0.05, 0.1) is 11.6 Å². The first-order valence-electron chi connectivity index (χ1n) is 5.53. The van der Waals surface area contributed by atoms with Crippen LogP contribution in [0.25, 0.3) is 0 Å². The lowest BCUT2D eigenvalue weighted by molar-refractivity contribution is 0.152. The SMILES string of the molecule is C#CCNC(=O)N1CC(c2ccc(F)c(Cl)c2)C1. The van der Waals surface area contributed by atoms with Gasteiger partial charge in [-0.15, -0.1) is 6.42 Å². The third-order valence-corrected chi connectivity index (χ3v) is 3.22. The Morgan fingerprint density at radius 3 is 2.94 bits per heavy atom. The molecule has 0 unspecified atom stereocenters. The molecular formula is C13H12ClFN2O. The third-order valence-electron chi connectivity index (χ3n) is 2.93. The molecule has 18 heavy (non-hydrogen) atoms. The molecule has 0 radical (unpaired) electrons. The van der Waals surface area contributed by atoms with Crippen LogP contribution in [0.4, 0.5) is 9.18 Å². The first kappa shape index (κ1) is 12.7. The molecule has 1 aliphatic rings. The molecular weight excluding hydrogens is 255 g/mol. The number of carbonyl (C=O) groups excluding carboxylic acids is 1. The summed E-state index contributed by atoms with van der Waals surface area (Å²) in [7, 11) is 0. The molecule has 2 amide bonds. The lowest BCUT2D eigenvalue weighted by Crippen LogP contribution is -2.52. The maximum absolute atomic E-state index is 13.0. The van der Waals surface area contributed by atoms with Crippen LogP contribution in [0, 0.1) is 18.2 Å². The summed E-state index contributed by atoms with van der Waals surface area (Å²) < 4.78 is 13.0. The van der Waals surface area contributed by atoms with Crippen LogP contribution in [-0.4, -0.2) is 30.6 Å². The fraction of sp³-hybridized carbons (Fsp3) is 0.308. The number of nitrogens with zero attached hydrogens (tertiary/aromatic N) is 1. The summed E-state index contributed by atoms with van der Waals surface area (Å²) in [6.07, 6.45) is 5.05. The quantitative estimate of drug-likeness (QED) is 0.818. The highest BCUT2D eigenvalue weighted by Crippen LogP contribution is 2.29. The Balaban J connectivity index is 1.91. The van der Waals surface area contributed by atoms with Crippen molar-refractivity contribution in [3.63, 3.8) is 0 Å². The van der Waals surface area contributed by atoms with Crippen LogP contribution < -0.4 is 5.32 Å². The minimum Gasteiger partial charge on any atom is -0.327 e. The molecule has 0 atom stereocenters. The van der Waals surface area contributed by atoms with E-state index in [-0.39, 0.29) is 23.5 Å². The first-order valence-corrected chi connectivity index (χ1v) is 5.91. The molecule has 1 aromatic rings. The van der Waals surface area contributed by atoms with Gasteiger partial charge in [0.15, 0.2) is 0 Å². The van der Waals surface area contributed by atoms with Crippen molar-refractivity contribution in [1.82, 2.24) is 10.2 Å². The Kier molecular flexibility index (Phi) is 3.73. The van der Waals surface area contributed by atoms with Gasteiger partial charge in [-0.2, -0.15) is 0 Å². The highest BCUT2D eigenvalue weighted by Gasteiger charge is 2.31. The summed E-state index contributed by atoms with van der Waals surface area (Å²) in [6, 6.07) is 4.48. The second kappa shape index (κ2) is 5.28. The molecule has 0 bridgehead atoms. The number of hydrogen-bond acceptors (Lipinski definition) is 1. The summed E-state index contributed by atoms with van der Waals surface area (Å²) in [4.78, 5) is 13.2. The largest absolute Gasteiger partial charge is 0.327 e. The van der Waals surface area contributed by atoms with Gasteiger partial charge in [0.1, 0.15) is 5.82 Å². The number of rotatable bonds is 2. The molecule has 1 saturated heterocycles. The lowest BCUT2D eigenvalue weighted by Gasteiger charge is -2.39. The van der Waals surface area contributed by atoms with E-state index >= 15 is 0 Å². The van der Waals surface area contributed by atoms with E-state index in [9.17, 15) is 9.18 Å². The number of amides is 2. The average molecular weight is 267 g/mol. The highest BCUT2D eigenvalue weighted by atomic mass is 35.5. The second-order valence-electron chi connectivity index (χ2n) is 4.14. The lowest BCUT2D eigenvalue weighted by atomic mass is 9.92. The van der Waals surface area contributed by atoms with Crippen molar-refractivity contribution in [3.05, 3.63) is 34.6 Å². The zero-order valence-corrected chi connectivity index (χ0v) is 10.4. The Morgan fingerprint density at radius 1 is 1.61 bits per heavy atom. The fourth-order valence-electron chi connectivity index (χ4n) is 1.86. The van der Waals surface area contributed by atoms with Crippen molar-refractivity contribution >= 4 is 17.6 Å². The van der Waals surface area contributed by atoms with E-state index in [1.807, 2.05) is 0 Å². The van der Waals surface area contributed by atoms with Gasteiger partial charge < -0.3 is 10.2 Å². The average Bonchev–Trinajstić information content (AvgIpc) is 2.29. The number of likely N-dealkylation sites (tertiary alicyclic amines) is 1. The van der Waals surface area contributed by atoms with Crippen molar-refractivity contribution in [3.8, 4) is 12.3 Å². The Labute approximate surface area is 110 Å².